The van der Waals surface area contributed by atoms with E-state index in [4.69, 9.17) is 5.41 Å². The highest BCUT2D eigenvalue weighted by atomic mass is 16.3. The average molecular weight is 329 g/mol. The van der Waals surface area contributed by atoms with Crippen LogP contribution in [-0.4, -0.2) is 23.2 Å². The molecule has 3 fully saturated rings. The summed E-state index contributed by atoms with van der Waals surface area (Å²) in [7, 11) is 0. The Kier molecular flexibility index (Phi) is 3.80. The maximum Gasteiger partial charge on any atom is 0.176 e. The van der Waals surface area contributed by atoms with Crippen LogP contribution in [0.4, 0.5) is 0 Å². The molecule has 0 aliphatic heterocycles. The Bertz CT molecular complexity index is 597. The highest BCUT2D eigenvalue weighted by molar-refractivity contribution is 6.40. The van der Waals surface area contributed by atoms with Crippen molar-refractivity contribution in [3.63, 3.8) is 0 Å². The van der Waals surface area contributed by atoms with Gasteiger partial charge in [-0.15, -0.1) is 0 Å². The zero-order valence-corrected chi connectivity index (χ0v) is 15.1. The highest BCUT2D eigenvalue weighted by Gasteiger charge is 2.59. The molecule has 1 unspecified atom stereocenters. The van der Waals surface area contributed by atoms with E-state index in [1.165, 1.54) is 25.7 Å². The van der Waals surface area contributed by atoms with Crippen LogP contribution in [0.3, 0.4) is 0 Å². The van der Waals surface area contributed by atoms with E-state index in [1.54, 1.807) is 0 Å². The zero-order valence-electron chi connectivity index (χ0n) is 15.1. The molecule has 0 bridgehead atoms. The molecule has 4 aliphatic carbocycles. The van der Waals surface area contributed by atoms with Crippen LogP contribution in [0.25, 0.3) is 0 Å². The largest absolute Gasteiger partial charge is 0.396 e. The van der Waals surface area contributed by atoms with Crippen LogP contribution in [0.5, 0.6) is 0 Å². The maximum atomic E-state index is 12.0. The van der Waals surface area contributed by atoms with Gasteiger partial charge in [0.1, 0.15) is 0 Å². The molecule has 24 heavy (non-hydrogen) atoms. The van der Waals surface area contributed by atoms with E-state index >= 15 is 0 Å². The van der Waals surface area contributed by atoms with Gasteiger partial charge in [-0.1, -0.05) is 26.0 Å². The number of carbonyl (C=O) groups excluding carboxylic acids is 1. The third kappa shape index (κ3) is 2.06. The van der Waals surface area contributed by atoms with Crippen LogP contribution in [0, 0.1) is 45.8 Å². The van der Waals surface area contributed by atoms with Crippen molar-refractivity contribution < 1.29 is 9.90 Å². The van der Waals surface area contributed by atoms with Crippen molar-refractivity contribution in [3.05, 3.63) is 12.2 Å². The zero-order chi connectivity index (χ0) is 17.1. The summed E-state index contributed by atoms with van der Waals surface area (Å²) < 4.78 is 0. The minimum atomic E-state index is 0.0407. The Labute approximate surface area is 145 Å². The van der Waals surface area contributed by atoms with Gasteiger partial charge in [-0.05, 0) is 73.0 Å². The van der Waals surface area contributed by atoms with Crippen LogP contribution < -0.4 is 0 Å². The van der Waals surface area contributed by atoms with Crippen LogP contribution >= 0.6 is 0 Å². The van der Waals surface area contributed by atoms with Gasteiger partial charge in [-0.25, -0.2) is 0 Å². The monoisotopic (exact) mass is 329 g/mol. The lowest BCUT2D eigenvalue weighted by atomic mass is 9.46. The average Bonchev–Trinajstić information content (AvgIpc) is 2.89. The Hall–Kier alpha value is -0.960. The molecule has 7 atom stereocenters. The molecule has 0 amide bonds. The van der Waals surface area contributed by atoms with Gasteiger partial charge in [0, 0.05) is 18.9 Å². The first kappa shape index (κ1) is 16.5. The molecule has 4 aliphatic rings. The quantitative estimate of drug-likeness (QED) is 0.752. The first-order valence-corrected chi connectivity index (χ1v) is 9.82. The predicted molar refractivity (Wildman–Crippen MR) is 94.9 cm³/mol. The van der Waals surface area contributed by atoms with Crippen LogP contribution in [-0.2, 0) is 4.79 Å². The Morgan fingerprint density at radius 3 is 2.62 bits per heavy atom. The van der Waals surface area contributed by atoms with Crippen molar-refractivity contribution in [2.24, 2.45) is 40.4 Å². The summed E-state index contributed by atoms with van der Waals surface area (Å²) in [4.78, 5) is 12.0. The van der Waals surface area contributed by atoms with Gasteiger partial charge in [-0.2, -0.15) is 0 Å². The number of carbonyl (C=O) groups is 1. The smallest absolute Gasteiger partial charge is 0.176 e. The van der Waals surface area contributed by atoms with Crippen LogP contribution in [0.1, 0.15) is 58.8 Å². The van der Waals surface area contributed by atoms with Crippen LogP contribution in [0.15, 0.2) is 12.2 Å². The summed E-state index contributed by atoms with van der Waals surface area (Å²) in [5.74, 6) is 2.71. The minimum Gasteiger partial charge on any atom is -0.396 e. The van der Waals surface area contributed by atoms with Gasteiger partial charge < -0.3 is 10.5 Å². The summed E-state index contributed by atoms with van der Waals surface area (Å²) in [6.45, 7) is 5.13. The highest BCUT2D eigenvalue weighted by Crippen LogP contribution is 2.65. The molecule has 0 heterocycles. The molecular weight excluding hydrogens is 298 g/mol. The number of hydrogen-bond donors (Lipinski definition) is 2. The molecule has 2 N–H and O–H groups in total. The molecule has 0 saturated heterocycles. The number of ketones is 1. The van der Waals surface area contributed by atoms with Gasteiger partial charge in [-0.3, -0.25) is 4.79 Å². The molecule has 0 aromatic heterocycles. The summed E-state index contributed by atoms with van der Waals surface area (Å²) in [6, 6.07) is 0. The molecule has 132 valence electrons. The summed E-state index contributed by atoms with van der Waals surface area (Å²) in [5.41, 5.74) is 0.826. The SMILES string of the molecule is C[C@]12CC[C@H]3[C@@H](C=CC4C(=N)C(=O)CC[C@@]43C)[C@@H]1CC[C@@H]2CCO. The van der Waals surface area contributed by atoms with Crippen molar-refractivity contribution in [2.75, 3.05) is 6.61 Å². The second kappa shape index (κ2) is 5.52. The fourth-order valence-electron chi connectivity index (χ4n) is 7.12. The number of nitrogens with one attached hydrogen (secondary N) is 1. The van der Waals surface area contributed by atoms with Crippen molar-refractivity contribution in [3.8, 4) is 0 Å². The van der Waals surface area contributed by atoms with E-state index in [1.807, 2.05) is 0 Å². The summed E-state index contributed by atoms with van der Waals surface area (Å²) >= 11 is 0. The number of aliphatic hydroxyl groups excluding tert-OH is 1. The lowest BCUT2D eigenvalue weighted by Crippen LogP contribution is -2.54. The van der Waals surface area contributed by atoms with E-state index in [0.717, 1.165) is 12.8 Å². The first-order chi connectivity index (χ1) is 11.4. The Morgan fingerprint density at radius 1 is 1.12 bits per heavy atom. The van der Waals surface area contributed by atoms with E-state index < -0.39 is 0 Å². The molecular formula is C21H31NO2. The van der Waals surface area contributed by atoms with Gasteiger partial charge >= 0.3 is 0 Å². The first-order valence-electron chi connectivity index (χ1n) is 9.82. The lowest BCUT2D eigenvalue weighted by molar-refractivity contribution is -0.117. The topological polar surface area (TPSA) is 61.2 Å². The van der Waals surface area contributed by atoms with Gasteiger partial charge in [0.15, 0.2) is 5.78 Å². The summed E-state index contributed by atoms with van der Waals surface area (Å²) in [6.07, 6.45) is 12.1. The van der Waals surface area contributed by atoms with Crippen molar-refractivity contribution in [1.29, 1.82) is 5.41 Å². The number of hydrogen-bond acceptors (Lipinski definition) is 3. The number of rotatable bonds is 2. The third-order valence-corrected chi connectivity index (χ3v) is 8.59. The number of Topliss-reactive ketones (excluding diaryl/α,β-unsaturated/α-hetero) is 1. The van der Waals surface area contributed by atoms with Crippen molar-refractivity contribution >= 4 is 11.5 Å². The molecule has 3 saturated carbocycles. The molecule has 3 nitrogen and oxygen atoms in total. The van der Waals surface area contributed by atoms with Crippen LogP contribution in [0.2, 0.25) is 0 Å². The normalized spacial score (nSPS) is 50.4. The molecule has 0 aromatic carbocycles. The van der Waals surface area contributed by atoms with E-state index in [2.05, 4.69) is 26.0 Å². The van der Waals surface area contributed by atoms with Gasteiger partial charge in [0.05, 0.1) is 5.71 Å². The fraction of sp³-hybridized carbons (Fsp3) is 0.810. The van der Waals surface area contributed by atoms with E-state index in [9.17, 15) is 9.90 Å². The maximum absolute atomic E-state index is 12.0. The predicted octanol–water partition coefficient (Wildman–Crippen LogP) is 4.00. The molecule has 0 aromatic rings. The number of aliphatic hydroxyl groups is 1. The van der Waals surface area contributed by atoms with E-state index in [-0.39, 0.29) is 17.1 Å². The fourth-order valence-corrected chi connectivity index (χ4v) is 7.12. The molecule has 4 rings (SSSR count). The lowest BCUT2D eigenvalue weighted by Gasteiger charge is -2.58. The standard InChI is InChI=1S/C21H31NO2/c1-20-10-7-16-14(15(20)5-3-13(20)9-12-23)4-6-17-19(22)18(24)8-11-21(16,17)2/h4,6,13-17,22-23H,3,5,7-12H2,1-2H3/t13-,14+,15+,16+,17?,20-,21-/m1/s1. The van der Waals surface area contributed by atoms with Gasteiger partial charge in [0.2, 0.25) is 0 Å². The Balaban J connectivity index is 1.67. The Morgan fingerprint density at radius 2 is 1.88 bits per heavy atom. The number of fused-ring (bicyclic) bond motifs is 5. The third-order valence-electron chi connectivity index (χ3n) is 8.59. The second-order valence-corrected chi connectivity index (χ2v) is 9.33. The van der Waals surface area contributed by atoms with Gasteiger partial charge in [0.25, 0.3) is 0 Å². The minimum absolute atomic E-state index is 0.0407. The molecule has 0 spiro atoms. The van der Waals surface area contributed by atoms with E-state index in [0.29, 0.717) is 47.8 Å². The number of allylic oxidation sites excluding steroid dienone is 2. The molecule has 0 radical (unpaired) electrons. The molecule has 3 heteroatoms. The second-order valence-electron chi connectivity index (χ2n) is 9.33. The van der Waals surface area contributed by atoms with Crippen molar-refractivity contribution in [2.45, 2.75) is 58.8 Å². The van der Waals surface area contributed by atoms with Crippen molar-refractivity contribution in [1.82, 2.24) is 0 Å². The summed E-state index contributed by atoms with van der Waals surface area (Å²) in [5, 5.41) is 17.7.